The van der Waals surface area contributed by atoms with Crippen molar-refractivity contribution in [3.8, 4) is 0 Å². The molecule has 0 aromatic heterocycles. The number of rotatable bonds is 3. The van der Waals surface area contributed by atoms with Crippen LogP contribution in [0.15, 0.2) is 0 Å². The molecule has 6 heteroatoms. The molecule has 0 saturated carbocycles. The van der Waals surface area contributed by atoms with Gasteiger partial charge in [-0.1, -0.05) is 6.92 Å². The van der Waals surface area contributed by atoms with Crippen molar-refractivity contribution in [2.45, 2.75) is 19.4 Å². The van der Waals surface area contributed by atoms with E-state index in [-0.39, 0.29) is 31.4 Å². The van der Waals surface area contributed by atoms with Crippen LogP contribution in [0.2, 0.25) is 0 Å². The molecule has 0 spiro atoms. The van der Waals surface area contributed by atoms with Gasteiger partial charge in [-0.2, -0.15) is 0 Å². The third-order valence-electron chi connectivity index (χ3n) is 1.73. The standard InChI is InChI=1S/C7H12N2O3.ClH/c1-2-5-6(10)9(4-3-8)7(11)12-5;/h5H,2-4,8H2,1H3;1H. The van der Waals surface area contributed by atoms with E-state index < -0.39 is 12.2 Å². The molecule has 76 valence electrons. The summed E-state index contributed by atoms with van der Waals surface area (Å²) in [4.78, 5) is 23.3. The van der Waals surface area contributed by atoms with E-state index in [0.717, 1.165) is 4.90 Å². The van der Waals surface area contributed by atoms with Gasteiger partial charge in [0.05, 0.1) is 0 Å². The second-order valence-electron chi connectivity index (χ2n) is 2.56. The monoisotopic (exact) mass is 208 g/mol. The van der Waals surface area contributed by atoms with Crippen LogP contribution in [0, 0.1) is 0 Å². The Morgan fingerprint density at radius 2 is 2.15 bits per heavy atom. The lowest BCUT2D eigenvalue weighted by Crippen LogP contribution is -2.35. The minimum Gasteiger partial charge on any atom is -0.436 e. The lowest BCUT2D eigenvalue weighted by molar-refractivity contribution is -0.129. The molecule has 0 aromatic carbocycles. The fourth-order valence-corrected chi connectivity index (χ4v) is 1.09. The van der Waals surface area contributed by atoms with E-state index in [9.17, 15) is 9.59 Å². The van der Waals surface area contributed by atoms with Crippen LogP contribution in [-0.4, -0.2) is 36.1 Å². The molecule has 1 fully saturated rings. The number of carbonyl (C=O) groups excluding carboxylic acids is 2. The van der Waals surface area contributed by atoms with E-state index in [0.29, 0.717) is 6.42 Å². The molecule has 1 rings (SSSR count). The lowest BCUT2D eigenvalue weighted by Gasteiger charge is -2.07. The van der Waals surface area contributed by atoms with Gasteiger partial charge in [0, 0.05) is 13.1 Å². The number of carbonyl (C=O) groups is 2. The first-order valence-electron chi connectivity index (χ1n) is 3.92. The zero-order valence-electron chi connectivity index (χ0n) is 7.36. The highest BCUT2D eigenvalue weighted by molar-refractivity contribution is 5.99. The van der Waals surface area contributed by atoms with Gasteiger partial charge >= 0.3 is 6.09 Å². The van der Waals surface area contributed by atoms with Crippen LogP contribution in [0.1, 0.15) is 13.3 Å². The van der Waals surface area contributed by atoms with Crippen molar-refractivity contribution in [1.29, 1.82) is 0 Å². The summed E-state index contributed by atoms with van der Waals surface area (Å²) in [5.41, 5.74) is 5.22. The predicted octanol–water partition coefficient (Wildman–Crippen LogP) is 0.124. The first-order chi connectivity index (χ1) is 5.70. The normalized spacial score (nSPS) is 21.4. The first kappa shape index (κ1) is 12.2. The van der Waals surface area contributed by atoms with E-state index >= 15 is 0 Å². The van der Waals surface area contributed by atoms with Crippen molar-refractivity contribution < 1.29 is 14.3 Å². The van der Waals surface area contributed by atoms with Crippen LogP contribution < -0.4 is 5.73 Å². The van der Waals surface area contributed by atoms with Gasteiger partial charge in [0.1, 0.15) is 0 Å². The average Bonchev–Trinajstić information content (AvgIpc) is 2.32. The summed E-state index contributed by atoms with van der Waals surface area (Å²) in [7, 11) is 0. The summed E-state index contributed by atoms with van der Waals surface area (Å²) in [6, 6.07) is 0. The van der Waals surface area contributed by atoms with Crippen LogP contribution in [0.5, 0.6) is 0 Å². The average molecular weight is 209 g/mol. The second kappa shape index (κ2) is 5.04. The molecule has 0 aromatic rings. The van der Waals surface area contributed by atoms with Crippen molar-refractivity contribution in [3.63, 3.8) is 0 Å². The van der Waals surface area contributed by atoms with E-state index in [1.54, 1.807) is 6.92 Å². The summed E-state index contributed by atoms with van der Waals surface area (Å²) >= 11 is 0. The SMILES string of the molecule is CCC1OC(=O)N(CCN)C1=O.Cl. The second-order valence-corrected chi connectivity index (χ2v) is 2.56. The number of nitrogens with zero attached hydrogens (tertiary/aromatic N) is 1. The first-order valence-corrected chi connectivity index (χ1v) is 3.92. The summed E-state index contributed by atoms with van der Waals surface area (Å²) in [5, 5.41) is 0. The minimum atomic E-state index is -0.593. The summed E-state index contributed by atoms with van der Waals surface area (Å²) in [6.45, 7) is 2.31. The fraction of sp³-hybridized carbons (Fsp3) is 0.714. The highest BCUT2D eigenvalue weighted by Gasteiger charge is 2.38. The van der Waals surface area contributed by atoms with Gasteiger partial charge in [-0.3, -0.25) is 4.79 Å². The molecule has 1 aliphatic heterocycles. The van der Waals surface area contributed by atoms with Crippen LogP contribution in [0.25, 0.3) is 0 Å². The molecule has 5 nitrogen and oxygen atoms in total. The zero-order chi connectivity index (χ0) is 9.14. The van der Waals surface area contributed by atoms with E-state index in [4.69, 9.17) is 10.5 Å². The molecule has 2 N–H and O–H groups in total. The Labute approximate surface area is 82.6 Å². The highest BCUT2D eigenvalue weighted by Crippen LogP contribution is 2.14. The highest BCUT2D eigenvalue weighted by atomic mass is 35.5. The van der Waals surface area contributed by atoms with Crippen molar-refractivity contribution in [3.05, 3.63) is 0 Å². The van der Waals surface area contributed by atoms with Crippen LogP contribution in [0.3, 0.4) is 0 Å². The number of ether oxygens (including phenoxy) is 1. The molecule has 1 heterocycles. The van der Waals surface area contributed by atoms with Gasteiger partial charge in [0.2, 0.25) is 0 Å². The molecule has 1 saturated heterocycles. The predicted molar refractivity (Wildman–Crippen MR) is 48.6 cm³/mol. The van der Waals surface area contributed by atoms with Crippen molar-refractivity contribution in [1.82, 2.24) is 4.90 Å². The van der Waals surface area contributed by atoms with Crippen molar-refractivity contribution >= 4 is 24.4 Å². The number of hydrogen-bond donors (Lipinski definition) is 1. The number of hydrogen-bond acceptors (Lipinski definition) is 4. The smallest absolute Gasteiger partial charge is 0.417 e. The van der Waals surface area contributed by atoms with Crippen LogP contribution >= 0.6 is 12.4 Å². The molecule has 13 heavy (non-hydrogen) atoms. The maximum absolute atomic E-state index is 11.3. The van der Waals surface area contributed by atoms with Gasteiger partial charge in [-0.25, -0.2) is 9.69 Å². The number of cyclic esters (lactones) is 1. The summed E-state index contributed by atoms with van der Waals surface area (Å²) < 4.78 is 4.77. The Morgan fingerprint density at radius 3 is 2.54 bits per heavy atom. The van der Waals surface area contributed by atoms with Crippen molar-refractivity contribution in [2.75, 3.05) is 13.1 Å². The Hall–Kier alpha value is -0.810. The lowest BCUT2D eigenvalue weighted by atomic mass is 10.2. The van der Waals surface area contributed by atoms with Crippen LogP contribution in [0.4, 0.5) is 4.79 Å². The Kier molecular flexibility index (Phi) is 4.72. The molecular weight excluding hydrogens is 196 g/mol. The van der Waals surface area contributed by atoms with Gasteiger partial charge in [-0.15, -0.1) is 12.4 Å². The molecule has 1 unspecified atom stereocenters. The zero-order valence-corrected chi connectivity index (χ0v) is 8.17. The molecule has 0 bridgehead atoms. The fourth-order valence-electron chi connectivity index (χ4n) is 1.09. The Bertz CT molecular complexity index is 210. The number of halogens is 1. The molecular formula is C7H13ClN2O3. The van der Waals surface area contributed by atoms with E-state index in [2.05, 4.69) is 0 Å². The Morgan fingerprint density at radius 1 is 1.54 bits per heavy atom. The van der Waals surface area contributed by atoms with E-state index in [1.807, 2.05) is 0 Å². The maximum Gasteiger partial charge on any atom is 0.417 e. The number of imide groups is 1. The molecule has 2 amide bonds. The number of nitrogens with two attached hydrogens (primary N) is 1. The topological polar surface area (TPSA) is 72.6 Å². The van der Waals surface area contributed by atoms with Gasteiger partial charge in [0.25, 0.3) is 5.91 Å². The Balaban J connectivity index is 0.00000144. The largest absolute Gasteiger partial charge is 0.436 e. The molecule has 1 atom stereocenters. The van der Waals surface area contributed by atoms with Gasteiger partial charge < -0.3 is 10.5 Å². The summed E-state index contributed by atoms with van der Waals surface area (Å²) in [6.07, 6.45) is -0.646. The maximum atomic E-state index is 11.3. The van der Waals surface area contributed by atoms with Crippen LogP contribution in [-0.2, 0) is 9.53 Å². The third-order valence-corrected chi connectivity index (χ3v) is 1.73. The van der Waals surface area contributed by atoms with Gasteiger partial charge in [0.15, 0.2) is 6.10 Å². The summed E-state index contributed by atoms with van der Waals surface area (Å²) in [5.74, 6) is -0.270. The number of amides is 2. The molecule has 0 radical (unpaired) electrons. The molecule has 1 aliphatic rings. The molecule has 0 aliphatic carbocycles. The van der Waals surface area contributed by atoms with Gasteiger partial charge in [-0.05, 0) is 6.42 Å². The van der Waals surface area contributed by atoms with Crippen molar-refractivity contribution in [2.24, 2.45) is 5.73 Å². The third kappa shape index (κ3) is 2.32. The quantitative estimate of drug-likeness (QED) is 0.715. The minimum absolute atomic E-state index is 0. The van der Waals surface area contributed by atoms with E-state index in [1.165, 1.54) is 0 Å².